The molecule has 3 heteroatoms. The van der Waals surface area contributed by atoms with Gasteiger partial charge < -0.3 is 4.42 Å². The Kier molecular flexibility index (Phi) is 6.81. The van der Waals surface area contributed by atoms with Crippen LogP contribution in [0.2, 0.25) is 0 Å². The lowest BCUT2D eigenvalue weighted by Gasteiger charge is -2.11. The summed E-state index contributed by atoms with van der Waals surface area (Å²) in [5.41, 5.74) is 11.6. The van der Waals surface area contributed by atoms with Crippen LogP contribution in [0.15, 0.2) is 187 Å². The smallest absolute Gasteiger partial charge is 0.227 e. The van der Waals surface area contributed by atoms with Crippen molar-refractivity contribution in [2.45, 2.75) is 0 Å². The summed E-state index contributed by atoms with van der Waals surface area (Å²) in [5.74, 6) is 0.604. The lowest BCUT2D eigenvalue weighted by Crippen LogP contribution is -1.87. The van der Waals surface area contributed by atoms with Crippen LogP contribution in [0.25, 0.3) is 99.4 Å². The number of fused-ring (bicyclic) bond motifs is 4. The Labute approximate surface area is 295 Å². The van der Waals surface area contributed by atoms with Gasteiger partial charge >= 0.3 is 0 Å². The third kappa shape index (κ3) is 5.15. The average Bonchev–Trinajstić information content (AvgIpc) is 3.65. The van der Waals surface area contributed by atoms with E-state index >= 15 is 0 Å². The van der Waals surface area contributed by atoms with E-state index in [4.69, 9.17) is 9.40 Å². The van der Waals surface area contributed by atoms with E-state index in [1.165, 1.54) is 37.9 Å². The third-order valence-electron chi connectivity index (χ3n) is 9.98. The van der Waals surface area contributed by atoms with Crippen molar-refractivity contribution in [1.82, 2.24) is 9.97 Å². The molecule has 3 nitrogen and oxygen atoms in total. The van der Waals surface area contributed by atoms with E-state index in [9.17, 15) is 0 Å². The molecule has 0 bridgehead atoms. The monoisotopic (exact) mass is 650 g/mol. The molecule has 0 aliphatic rings. The van der Waals surface area contributed by atoms with E-state index in [1.54, 1.807) is 6.20 Å². The zero-order valence-corrected chi connectivity index (χ0v) is 27.6. The van der Waals surface area contributed by atoms with Gasteiger partial charge in [-0.05, 0) is 108 Å². The maximum atomic E-state index is 6.64. The van der Waals surface area contributed by atoms with E-state index in [0.29, 0.717) is 5.89 Å². The fraction of sp³-hybridized carbons (Fsp3) is 0. The largest absolute Gasteiger partial charge is 0.436 e. The number of hydrogen-bond acceptors (Lipinski definition) is 3. The van der Waals surface area contributed by atoms with Crippen LogP contribution in [0, 0.1) is 0 Å². The van der Waals surface area contributed by atoms with Crippen molar-refractivity contribution in [3.63, 3.8) is 0 Å². The van der Waals surface area contributed by atoms with Crippen LogP contribution >= 0.6 is 0 Å². The van der Waals surface area contributed by atoms with Crippen LogP contribution in [0.5, 0.6) is 0 Å². The molecule has 0 unspecified atom stereocenters. The topological polar surface area (TPSA) is 38.9 Å². The highest BCUT2D eigenvalue weighted by atomic mass is 16.3. The predicted octanol–water partition coefficient (Wildman–Crippen LogP) is 13.0. The standard InChI is InChI=1S/C48H30N2O/c1-3-13-41-33(8-1)10-5-15-43(41)40-28-45(44-16-6-11-34-9-2-4-14-42(34)44)47-46(29-40)51-48(50-47)35-21-17-31(18-22-35)36-23-19-32-20-24-37(27-39(32)26-36)38-12-7-25-49-30-38/h1-30H. The van der Waals surface area contributed by atoms with Crippen LogP contribution in [0.1, 0.15) is 0 Å². The van der Waals surface area contributed by atoms with Crippen LogP contribution in [-0.4, -0.2) is 9.97 Å². The molecule has 0 fully saturated rings. The molecular weight excluding hydrogens is 621 g/mol. The normalized spacial score (nSPS) is 11.5. The third-order valence-corrected chi connectivity index (χ3v) is 9.98. The Morgan fingerprint density at radius 2 is 1.00 bits per heavy atom. The summed E-state index contributed by atoms with van der Waals surface area (Å²) in [4.78, 5) is 9.47. The lowest BCUT2D eigenvalue weighted by molar-refractivity contribution is 0.620. The fourth-order valence-corrected chi connectivity index (χ4v) is 7.40. The zero-order valence-electron chi connectivity index (χ0n) is 27.6. The molecule has 0 spiro atoms. The minimum atomic E-state index is 0.604. The van der Waals surface area contributed by atoms with Crippen LogP contribution in [0.3, 0.4) is 0 Å². The summed E-state index contributed by atoms with van der Waals surface area (Å²) >= 11 is 0. The van der Waals surface area contributed by atoms with Gasteiger partial charge in [-0.15, -0.1) is 0 Å². The molecule has 0 amide bonds. The first-order valence-electron chi connectivity index (χ1n) is 17.2. The molecule has 10 aromatic rings. The first-order chi connectivity index (χ1) is 25.2. The number of nitrogens with zero attached hydrogens (tertiary/aromatic N) is 2. The number of oxazole rings is 1. The number of aromatic nitrogens is 2. The highest BCUT2D eigenvalue weighted by molar-refractivity contribution is 6.07. The van der Waals surface area contributed by atoms with Gasteiger partial charge in [0.1, 0.15) is 5.52 Å². The molecule has 0 aliphatic carbocycles. The first-order valence-corrected chi connectivity index (χ1v) is 17.2. The molecule has 0 saturated heterocycles. The quantitative estimate of drug-likeness (QED) is 0.186. The van der Waals surface area contributed by atoms with Gasteiger partial charge in [0.25, 0.3) is 0 Å². The van der Waals surface area contributed by atoms with Gasteiger partial charge in [0.15, 0.2) is 5.58 Å². The Morgan fingerprint density at radius 3 is 1.73 bits per heavy atom. The van der Waals surface area contributed by atoms with Crippen molar-refractivity contribution in [2.24, 2.45) is 0 Å². The number of rotatable bonds is 5. The van der Waals surface area contributed by atoms with E-state index in [2.05, 4.69) is 169 Å². The lowest BCUT2D eigenvalue weighted by atomic mass is 9.92. The fourth-order valence-electron chi connectivity index (χ4n) is 7.40. The summed E-state index contributed by atoms with van der Waals surface area (Å²) < 4.78 is 6.64. The molecule has 8 aromatic carbocycles. The van der Waals surface area contributed by atoms with Crippen molar-refractivity contribution in [2.75, 3.05) is 0 Å². The Morgan fingerprint density at radius 1 is 0.373 bits per heavy atom. The minimum Gasteiger partial charge on any atom is -0.436 e. The molecular formula is C48H30N2O. The SMILES string of the molecule is c1cncc(-c2ccc3ccc(-c4ccc(-c5nc6c(-c7cccc8ccccc78)cc(-c7cccc8ccccc78)cc6o5)cc4)cc3c2)c1. The van der Waals surface area contributed by atoms with Crippen molar-refractivity contribution in [3.8, 4) is 56.0 Å². The second-order valence-electron chi connectivity index (χ2n) is 13.0. The summed E-state index contributed by atoms with van der Waals surface area (Å²) in [7, 11) is 0. The Hall–Kier alpha value is -6.84. The summed E-state index contributed by atoms with van der Waals surface area (Å²) in [6.45, 7) is 0. The van der Waals surface area contributed by atoms with E-state index in [-0.39, 0.29) is 0 Å². The molecule has 2 aromatic heterocycles. The molecule has 0 aliphatic heterocycles. The number of benzene rings is 8. The first kappa shape index (κ1) is 29.1. The molecule has 2 heterocycles. The maximum Gasteiger partial charge on any atom is 0.227 e. The average molecular weight is 651 g/mol. The predicted molar refractivity (Wildman–Crippen MR) is 212 cm³/mol. The molecule has 0 N–H and O–H groups in total. The molecule has 0 radical (unpaired) electrons. The Balaban J connectivity index is 1.08. The Bertz CT molecular complexity index is 2900. The van der Waals surface area contributed by atoms with Crippen LogP contribution in [0.4, 0.5) is 0 Å². The minimum absolute atomic E-state index is 0.604. The molecule has 238 valence electrons. The second-order valence-corrected chi connectivity index (χ2v) is 13.0. The molecule has 0 saturated carbocycles. The summed E-state index contributed by atoms with van der Waals surface area (Å²) in [6.07, 6.45) is 3.71. The zero-order chi connectivity index (χ0) is 33.7. The van der Waals surface area contributed by atoms with Crippen LogP contribution < -0.4 is 0 Å². The van der Waals surface area contributed by atoms with Gasteiger partial charge in [-0.2, -0.15) is 0 Å². The molecule has 0 atom stereocenters. The van der Waals surface area contributed by atoms with Gasteiger partial charge in [-0.3, -0.25) is 4.98 Å². The molecule has 51 heavy (non-hydrogen) atoms. The van der Waals surface area contributed by atoms with Gasteiger partial charge in [0.05, 0.1) is 0 Å². The number of hydrogen-bond donors (Lipinski definition) is 0. The van der Waals surface area contributed by atoms with Gasteiger partial charge in [-0.1, -0.05) is 127 Å². The summed E-state index contributed by atoms with van der Waals surface area (Å²) in [5, 5.41) is 7.20. The highest BCUT2D eigenvalue weighted by Gasteiger charge is 2.18. The van der Waals surface area contributed by atoms with Gasteiger partial charge in [0, 0.05) is 29.1 Å². The van der Waals surface area contributed by atoms with E-state index in [1.807, 2.05) is 12.3 Å². The van der Waals surface area contributed by atoms with Crippen molar-refractivity contribution < 1.29 is 4.42 Å². The van der Waals surface area contributed by atoms with Crippen molar-refractivity contribution in [1.29, 1.82) is 0 Å². The van der Waals surface area contributed by atoms with E-state index in [0.717, 1.165) is 55.6 Å². The van der Waals surface area contributed by atoms with Crippen LogP contribution in [-0.2, 0) is 0 Å². The maximum absolute atomic E-state index is 6.64. The summed E-state index contributed by atoms with van der Waals surface area (Å²) in [6, 6.07) is 60.3. The second kappa shape index (κ2) is 11.9. The number of pyridine rings is 1. The van der Waals surface area contributed by atoms with Crippen molar-refractivity contribution >= 4 is 43.4 Å². The van der Waals surface area contributed by atoms with Crippen molar-refractivity contribution in [3.05, 3.63) is 182 Å². The van der Waals surface area contributed by atoms with Gasteiger partial charge in [0.2, 0.25) is 5.89 Å². The highest BCUT2D eigenvalue weighted by Crippen LogP contribution is 2.41. The molecule has 10 rings (SSSR count). The van der Waals surface area contributed by atoms with Gasteiger partial charge in [-0.25, -0.2) is 4.98 Å². The van der Waals surface area contributed by atoms with E-state index < -0.39 is 0 Å².